The predicted octanol–water partition coefficient (Wildman–Crippen LogP) is 2.27. The zero-order valence-corrected chi connectivity index (χ0v) is 13.9. The van der Waals surface area contributed by atoms with Crippen LogP contribution in [0.3, 0.4) is 0 Å². The van der Waals surface area contributed by atoms with Crippen molar-refractivity contribution in [3.63, 3.8) is 0 Å². The number of hydrogen-bond donors (Lipinski definition) is 3. The van der Waals surface area contributed by atoms with Gasteiger partial charge in [0.25, 0.3) is 0 Å². The van der Waals surface area contributed by atoms with E-state index in [-0.39, 0.29) is 5.75 Å². The van der Waals surface area contributed by atoms with Crippen molar-refractivity contribution in [3.8, 4) is 11.5 Å². The number of ether oxygens (including phenoxy) is 1. The molecule has 0 aliphatic heterocycles. The summed E-state index contributed by atoms with van der Waals surface area (Å²) in [6, 6.07) is 13.2. The van der Waals surface area contributed by atoms with E-state index < -0.39 is 11.8 Å². The fourth-order valence-electron chi connectivity index (χ4n) is 1.98. The van der Waals surface area contributed by atoms with E-state index in [1.165, 1.54) is 12.1 Å². The van der Waals surface area contributed by atoms with E-state index in [0.29, 0.717) is 29.3 Å². The first-order valence-electron chi connectivity index (χ1n) is 7.68. The number of carbonyl (C=O) groups is 2. The van der Waals surface area contributed by atoms with Gasteiger partial charge in [-0.15, -0.1) is 0 Å². The molecule has 0 unspecified atom stereocenters. The highest BCUT2D eigenvalue weighted by atomic mass is 16.5. The first-order valence-corrected chi connectivity index (χ1v) is 7.68. The molecular formula is C18H19N3O4. The zero-order chi connectivity index (χ0) is 18.2. The third-order valence-corrected chi connectivity index (χ3v) is 3.25. The Balaban J connectivity index is 2.00. The Labute approximate surface area is 145 Å². The minimum absolute atomic E-state index is 0.132. The normalized spacial score (nSPS) is 10.9. The van der Waals surface area contributed by atoms with Crippen LogP contribution in [0.2, 0.25) is 0 Å². The Morgan fingerprint density at radius 3 is 2.44 bits per heavy atom. The van der Waals surface area contributed by atoms with Crippen molar-refractivity contribution in [3.05, 3.63) is 54.1 Å². The fourth-order valence-corrected chi connectivity index (χ4v) is 1.98. The monoisotopic (exact) mass is 341 g/mol. The quantitative estimate of drug-likeness (QED) is 0.441. The lowest BCUT2D eigenvalue weighted by Gasteiger charge is -2.10. The number of amides is 2. The maximum absolute atomic E-state index is 12.0. The highest BCUT2D eigenvalue weighted by Crippen LogP contribution is 2.23. The van der Waals surface area contributed by atoms with E-state index in [1.807, 2.05) is 6.92 Å². The molecule has 2 rings (SSSR count). The number of carbonyl (C=O) groups excluding carboxylic acids is 2. The van der Waals surface area contributed by atoms with Crippen LogP contribution >= 0.6 is 0 Å². The highest BCUT2D eigenvalue weighted by Gasteiger charge is 2.15. The second-order valence-corrected chi connectivity index (χ2v) is 5.07. The number of phenolic OH excluding ortho intramolecular Hbond substituents is 1. The average molecular weight is 341 g/mol. The molecular weight excluding hydrogens is 322 g/mol. The van der Waals surface area contributed by atoms with Gasteiger partial charge in [0.15, 0.2) is 0 Å². The first-order chi connectivity index (χ1) is 12.0. The Hall–Kier alpha value is -3.35. The summed E-state index contributed by atoms with van der Waals surface area (Å²) in [5, 5.41) is 15.6. The molecule has 3 N–H and O–H groups in total. The molecule has 2 amide bonds. The Morgan fingerprint density at radius 2 is 1.76 bits per heavy atom. The number of nitrogens with one attached hydrogen (secondary N) is 2. The standard InChI is InChI=1S/C18H19N3O4/c1-3-25-16-7-5-4-6-15(16)19-17(23)18(24)21-20-12(2)13-8-10-14(22)11-9-13/h4-11,22H,3H2,1-2H3,(H,19,23)(H,21,24). The van der Waals surface area contributed by atoms with E-state index in [1.54, 1.807) is 43.3 Å². The SMILES string of the molecule is CCOc1ccccc1NC(=O)C(=O)NN=C(C)c1ccc(O)cc1. The van der Waals surface area contributed by atoms with E-state index in [9.17, 15) is 14.7 Å². The molecule has 0 aromatic heterocycles. The summed E-state index contributed by atoms with van der Waals surface area (Å²) in [6.45, 7) is 3.94. The van der Waals surface area contributed by atoms with Crippen molar-refractivity contribution in [1.82, 2.24) is 5.43 Å². The number of hydrazone groups is 1. The molecule has 0 radical (unpaired) electrons. The van der Waals surface area contributed by atoms with Gasteiger partial charge in [0.2, 0.25) is 0 Å². The van der Waals surface area contributed by atoms with Crippen LogP contribution in [0, 0.1) is 0 Å². The van der Waals surface area contributed by atoms with Gasteiger partial charge in [-0.05, 0) is 55.8 Å². The van der Waals surface area contributed by atoms with Crippen molar-refractivity contribution in [2.45, 2.75) is 13.8 Å². The molecule has 0 aliphatic rings. The summed E-state index contributed by atoms with van der Waals surface area (Å²) < 4.78 is 5.39. The number of para-hydroxylation sites is 2. The van der Waals surface area contributed by atoms with Crippen LogP contribution in [0.4, 0.5) is 5.69 Å². The molecule has 130 valence electrons. The molecule has 0 saturated heterocycles. The van der Waals surface area contributed by atoms with Crippen LogP contribution in [0.25, 0.3) is 0 Å². The van der Waals surface area contributed by atoms with Crippen LogP contribution in [-0.4, -0.2) is 29.2 Å². The number of anilines is 1. The lowest BCUT2D eigenvalue weighted by Crippen LogP contribution is -2.33. The smallest absolute Gasteiger partial charge is 0.329 e. The minimum Gasteiger partial charge on any atom is -0.508 e. The van der Waals surface area contributed by atoms with Crippen LogP contribution in [-0.2, 0) is 9.59 Å². The summed E-state index contributed by atoms with van der Waals surface area (Å²) in [5.41, 5.74) is 3.81. The molecule has 0 saturated carbocycles. The summed E-state index contributed by atoms with van der Waals surface area (Å²) in [4.78, 5) is 23.9. The van der Waals surface area contributed by atoms with Gasteiger partial charge in [-0.2, -0.15) is 5.10 Å². The lowest BCUT2D eigenvalue weighted by atomic mass is 10.1. The molecule has 0 heterocycles. The van der Waals surface area contributed by atoms with Crippen molar-refractivity contribution in [2.75, 3.05) is 11.9 Å². The number of benzene rings is 2. The molecule has 2 aromatic rings. The minimum atomic E-state index is -0.899. The van der Waals surface area contributed by atoms with Crippen molar-refractivity contribution in [2.24, 2.45) is 5.10 Å². The summed E-state index contributed by atoms with van der Waals surface area (Å²) >= 11 is 0. The van der Waals surface area contributed by atoms with Crippen LogP contribution in [0.5, 0.6) is 11.5 Å². The van der Waals surface area contributed by atoms with Gasteiger partial charge in [-0.25, -0.2) is 5.43 Å². The largest absolute Gasteiger partial charge is 0.508 e. The molecule has 2 aromatic carbocycles. The Kier molecular flexibility index (Phi) is 6.11. The van der Waals surface area contributed by atoms with Crippen molar-refractivity contribution in [1.29, 1.82) is 0 Å². The number of hydrogen-bond acceptors (Lipinski definition) is 5. The predicted molar refractivity (Wildman–Crippen MR) is 94.7 cm³/mol. The van der Waals surface area contributed by atoms with Gasteiger partial charge >= 0.3 is 11.8 Å². The second-order valence-electron chi connectivity index (χ2n) is 5.07. The number of nitrogens with zero attached hydrogens (tertiary/aromatic N) is 1. The molecule has 0 fully saturated rings. The summed E-state index contributed by atoms with van der Waals surface area (Å²) in [6.07, 6.45) is 0. The lowest BCUT2D eigenvalue weighted by molar-refractivity contribution is -0.136. The molecule has 25 heavy (non-hydrogen) atoms. The first kappa shape index (κ1) is 18.0. The molecule has 0 bridgehead atoms. The number of aromatic hydroxyl groups is 1. The van der Waals surface area contributed by atoms with Gasteiger partial charge in [-0.3, -0.25) is 9.59 Å². The third-order valence-electron chi connectivity index (χ3n) is 3.25. The van der Waals surface area contributed by atoms with Crippen LogP contribution in [0.15, 0.2) is 53.6 Å². The van der Waals surface area contributed by atoms with Crippen LogP contribution < -0.4 is 15.5 Å². The summed E-state index contributed by atoms with van der Waals surface area (Å²) in [7, 11) is 0. The maximum atomic E-state index is 12.0. The highest BCUT2D eigenvalue weighted by molar-refractivity contribution is 6.39. The van der Waals surface area contributed by atoms with Gasteiger partial charge < -0.3 is 15.2 Å². The molecule has 0 aliphatic carbocycles. The summed E-state index contributed by atoms with van der Waals surface area (Å²) in [5.74, 6) is -1.14. The second kappa shape index (κ2) is 8.49. The van der Waals surface area contributed by atoms with Crippen molar-refractivity contribution >= 4 is 23.2 Å². The Morgan fingerprint density at radius 1 is 1.08 bits per heavy atom. The Bertz CT molecular complexity index is 785. The van der Waals surface area contributed by atoms with Gasteiger partial charge in [0.1, 0.15) is 11.5 Å². The van der Waals surface area contributed by atoms with E-state index in [2.05, 4.69) is 15.8 Å². The van der Waals surface area contributed by atoms with E-state index >= 15 is 0 Å². The number of phenols is 1. The molecule has 7 nitrogen and oxygen atoms in total. The fraction of sp³-hybridized carbons (Fsp3) is 0.167. The topological polar surface area (TPSA) is 100 Å². The maximum Gasteiger partial charge on any atom is 0.329 e. The molecule has 0 atom stereocenters. The molecule has 7 heteroatoms. The van der Waals surface area contributed by atoms with E-state index in [4.69, 9.17) is 4.74 Å². The van der Waals surface area contributed by atoms with Crippen molar-refractivity contribution < 1.29 is 19.4 Å². The average Bonchev–Trinajstić information content (AvgIpc) is 2.61. The van der Waals surface area contributed by atoms with E-state index in [0.717, 1.165) is 0 Å². The third kappa shape index (κ3) is 5.07. The van der Waals surface area contributed by atoms with Gasteiger partial charge in [0, 0.05) is 0 Å². The van der Waals surface area contributed by atoms with Gasteiger partial charge in [-0.1, -0.05) is 12.1 Å². The van der Waals surface area contributed by atoms with Crippen LogP contribution in [0.1, 0.15) is 19.4 Å². The molecule has 0 spiro atoms. The van der Waals surface area contributed by atoms with Gasteiger partial charge in [0.05, 0.1) is 18.0 Å². The zero-order valence-electron chi connectivity index (χ0n) is 13.9. The number of rotatable bonds is 5.